The number of hydrogen-bond acceptors (Lipinski definition) is 6. The van der Waals surface area contributed by atoms with Crippen LogP contribution in [-0.2, 0) is 6.54 Å². The highest BCUT2D eigenvalue weighted by Crippen LogP contribution is 2.18. The van der Waals surface area contributed by atoms with Crippen LogP contribution in [0, 0.1) is 11.6 Å². The van der Waals surface area contributed by atoms with Gasteiger partial charge in [0.05, 0.1) is 24.1 Å². The van der Waals surface area contributed by atoms with E-state index in [2.05, 4.69) is 30.8 Å². The Kier molecular flexibility index (Phi) is 4.32. The van der Waals surface area contributed by atoms with Crippen LogP contribution in [0.3, 0.4) is 0 Å². The number of nitrogens with one attached hydrogen (secondary N) is 2. The van der Waals surface area contributed by atoms with Crippen molar-refractivity contribution in [1.29, 1.82) is 0 Å². The highest BCUT2D eigenvalue weighted by molar-refractivity contribution is 5.54. The molecule has 3 aromatic rings. The second-order valence-electron chi connectivity index (χ2n) is 4.59. The highest BCUT2D eigenvalue weighted by atomic mass is 19.1. The Bertz CT molecular complexity index is 797. The Balaban J connectivity index is 1.69. The zero-order chi connectivity index (χ0) is 16.1. The quantitative estimate of drug-likeness (QED) is 0.754. The summed E-state index contributed by atoms with van der Waals surface area (Å²) in [6.07, 6.45) is 3.13. The van der Waals surface area contributed by atoms with Gasteiger partial charge in [-0.3, -0.25) is 4.98 Å². The number of halogens is 2. The van der Waals surface area contributed by atoms with Crippen LogP contribution in [0.2, 0.25) is 0 Å². The van der Waals surface area contributed by atoms with Gasteiger partial charge in [0.25, 0.3) is 0 Å². The zero-order valence-electron chi connectivity index (χ0n) is 11.9. The maximum absolute atomic E-state index is 13.6. The lowest BCUT2D eigenvalue weighted by Gasteiger charge is -2.08. The second-order valence-corrected chi connectivity index (χ2v) is 4.59. The van der Waals surface area contributed by atoms with Gasteiger partial charge in [-0.25, -0.2) is 8.78 Å². The number of anilines is 3. The van der Waals surface area contributed by atoms with E-state index in [1.165, 1.54) is 12.3 Å². The maximum Gasteiger partial charge on any atom is 0.249 e. The third-order valence-corrected chi connectivity index (χ3v) is 2.91. The van der Waals surface area contributed by atoms with Gasteiger partial charge in [0.2, 0.25) is 5.95 Å². The molecule has 0 aliphatic heterocycles. The first-order valence-corrected chi connectivity index (χ1v) is 6.76. The van der Waals surface area contributed by atoms with Gasteiger partial charge < -0.3 is 10.6 Å². The molecule has 0 radical (unpaired) electrons. The van der Waals surface area contributed by atoms with Gasteiger partial charge in [-0.2, -0.15) is 10.1 Å². The van der Waals surface area contributed by atoms with E-state index < -0.39 is 11.6 Å². The van der Waals surface area contributed by atoms with Crippen LogP contribution in [0.1, 0.15) is 5.69 Å². The van der Waals surface area contributed by atoms with Crippen LogP contribution in [0.5, 0.6) is 0 Å². The molecule has 0 amide bonds. The fourth-order valence-corrected chi connectivity index (χ4v) is 1.84. The monoisotopic (exact) mass is 314 g/mol. The molecule has 23 heavy (non-hydrogen) atoms. The Morgan fingerprint density at radius 3 is 2.78 bits per heavy atom. The molecule has 0 aliphatic rings. The minimum atomic E-state index is -0.736. The van der Waals surface area contributed by atoms with Gasteiger partial charge in [0, 0.05) is 12.3 Å². The number of nitrogens with zero attached hydrogens (tertiary/aromatic N) is 4. The molecule has 0 bridgehead atoms. The Morgan fingerprint density at radius 1 is 1.09 bits per heavy atom. The molecule has 2 aromatic heterocycles. The van der Waals surface area contributed by atoms with Crippen LogP contribution in [0.15, 0.2) is 48.8 Å². The van der Waals surface area contributed by atoms with Crippen LogP contribution in [0.25, 0.3) is 0 Å². The lowest BCUT2D eigenvalue weighted by molar-refractivity contribution is 0.586. The van der Waals surface area contributed by atoms with Crippen molar-refractivity contribution in [3.8, 4) is 0 Å². The van der Waals surface area contributed by atoms with Crippen molar-refractivity contribution in [2.45, 2.75) is 6.54 Å². The van der Waals surface area contributed by atoms with Gasteiger partial charge >= 0.3 is 0 Å². The van der Waals surface area contributed by atoms with Gasteiger partial charge in [-0.1, -0.05) is 6.07 Å². The Morgan fingerprint density at radius 2 is 2.00 bits per heavy atom. The van der Waals surface area contributed by atoms with E-state index in [4.69, 9.17) is 0 Å². The summed E-state index contributed by atoms with van der Waals surface area (Å²) in [6, 6.07) is 8.76. The Labute approximate surface area is 130 Å². The molecule has 0 spiro atoms. The normalized spacial score (nSPS) is 10.3. The van der Waals surface area contributed by atoms with Gasteiger partial charge in [-0.05, 0) is 24.3 Å². The highest BCUT2D eigenvalue weighted by Gasteiger charge is 2.07. The first kappa shape index (κ1) is 14.8. The topological polar surface area (TPSA) is 75.6 Å². The molecule has 2 heterocycles. The summed E-state index contributed by atoms with van der Waals surface area (Å²) in [7, 11) is 0. The van der Waals surface area contributed by atoms with E-state index in [1.54, 1.807) is 6.20 Å². The molecule has 6 nitrogen and oxygen atoms in total. The summed E-state index contributed by atoms with van der Waals surface area (Å²) in [5.74, 6) is -0.837. The number of pyridine rings is 1. The lowest BCUT2D eigenvalue weighted by Crippen LogP contribution is -2.07. The van der Waals surface area contributed by atoms with Crippen molar-refractivity contribution in [2.75, 3.05) is 10.6 Å². The van der Waals surface area contributed by atoms with E-state index >= 15 is 0 Å². The van der Waals surface area contributed by atoms with Gasteiger partial charge in [0.1, 0.15) is 11.6 Å². The summed E-state index contributed by atoms with van der Waals surface area (Å²) < 4.78 is 26.5. The van der Waals surface area contributed by atoms with Crippen molar-refractivity contribution in [3.63, 3.8) is 0 Å². The molecular formula is C15H12F2N6. The van der Waals surface area contributed by atoms with Gasteiger partial charge in [-0.15, -0.1) is 5.10 Å². The third kappa shape index (κ3) is 3.94. The van der Waals surface area contributed by atoms with E-state index in [-0.39, 0.29) is 11.6 Å². The summed E-state index contributed by atoms with van der Waals surface area (Å²) in [4.78, 5) is 8.34. The smallest absolute Gasteiger partial charge is 0.249 e. The fourth-order valence-electron chi connectivity index (χ4n) is 1.84. The molecular weight excluding hydrogens is 302 g/mol. The molecule has 0 unspecified atom stereocenters. The molecule has 116 valence electrons. The first-order chi connectivity index (χ1) is 11.2. The molecule has 0 saturated carbocycles. The van der Waals surface area contributed by atoms with E-state index in [0.29, 0.717) is 12.4 Å². The average Bonchev–Trinajstić information content (AvgIpc) is 2.57. The SMILES string of the molecule is Fc1ccc(Nc2nncc(NCc3ccccn3)n2)c(F)c1. The van der Waals surface area contributed by atoms with E-state index in [0.717, 1.165) is 17.8 Å². The van der Waals surface area contributed by atoms with Crippen molar-refractivity contribution < 1.29 is 8.78 Å². The molecule has 0 saturated heterocycles. The van der Waals surface area contributed by atoms with Crippen LogP contribution >= 0.6 is 0 Å². The standard InChI is InChI=1S/C15H12F2N6/c16-10-4-5-13(12(17)7-10)21-15-22-14(9-20-23-15)19-8-11-3-1-2-6-18-11/h1-7,9H,8H2,(H2,19,21,22,23). The molecule has 3 rings (SSSR count). The molecule has 0 fully saturated rings. The largest absolute Gasteiger partial charge is 0.363 e. The number of aromatic nitrogens is 4. The number of benzene rings is 1. The molecule has 8 heteroatoms. The predicted octanol–water partition coefficient (Wildman–Crippen LogP) is 2.90. The second kappa shape index (κ2) is 6.73. The maximum atomic E-state index is 13.6. The molecule has 2 N–H and O–H groups in total. The number of hydrogen-bond donors (Lipinski definition) is 2. The van der Waals surface area contributed by atoms with Crippen molar-refractivity contribution in [1.82, 2.24) is 20.2 Å². The summed E-state index contributed by atoms with van der Waals surface area (Å²) >= 11 is 0. The first-order valence-electron chi connectivity index (χ1n) is 6.76. The van der Waals surface area contributed by atoms with Crippen molar-refractivity contribution in [2.24, 2.45) is 0 Å². The summed E-state index contributed by atoms with van der Waals surface area (Å²) in [5.41, 5.74) is 0.903. The van der Waals surface area contributed by atoms with Crippen molar-refractivity contribution in [3.05, 3.63) is 66.1 Å². The van der Waals surface area contributed by atoms with Crippen LogP contribution < -0.4 is 10.6 Å². The Hall–Kier alpha value is -3.16. The van der Waals surface area contributed by atoms with E-state index in [1.807, 2.05) is 18.2 Å². The third-order valence-electron chi connectivity index (χ3n) is 2.91. The van der Waals surface area contributed by atoms with E-state index in [9.17, 15) is 8.78 Å². The van der Waals surface area contributed by atoms with Crippen LogP contribution in [0.4, 0.5) is 26.2 Å². The summed E-state index contributed by atoms with van der Waals surface area (Å²) in [5, 5.41) is 13.2. The van der Waals surface area contributed by atoms with Crippen molar-refractivity contribution >= 4 is 17.5 Å². The fraction of sp³-hybridized carbons (Fsp3) is 0.0667. The zero-order valence-corrected chi connectivity index (χ0v) is 11.9. The number of rotatable bonds is 5. The molecule has 0 atom stereocenters. The summed E-state index contributed by atoms with van der Waals surface area (Å²) in [6.45, 7) is 0.462. The average molecular weight is 314 g/mol. The minimum Gasteiger partial charge on any atom is -0.363 e. The molecule has 0 aliphatic carbocycles. The van der Waals surface area contributed by atoms with Crippen LogP contribution in [-0.4, -0.2) is 20.2 Å². The lowest BCUT2D eigenvalue weighted by atomic mass is 10.3. The van der Waals surface area contributed by atoms with Gasteiger partial charge in [0.15, 0.2) is 5.82 Å². The predicted molar refractivity (Wildman–Crippen MR) is 81.0 cm³/mol. The minimum absolute atomic E-state index is 0.0649. The molecule has 1 aromatic carbocycles.